The van der Waals surface area contributed by atoms with E-state index in [9.17, 15) is 4.39 Å². The largest absolute Gasteiger partial charge is 0.314 e. The van der Waals surface area contributed by atoms with Gasteiger partial charge in [0.1, 0.15) is 5.82 Å². The molecule has 0 saturated heterocycles. The van der Waals surface area contributed by atoms with Gasteiger partial charge in [0.05, 0.1) is 5.02 Å². The molecule has 0 aliphatic rings. The Balaban J connectivity index is 2.11. The molecule has 2 aromatic carbocycles. The first-order valence-corrected chi connectivity index (χ1v) is 7.69. The first-order valence-electron chi connectivity index (χ1n) is 7.32. The minimum Gasteiger partial charge on any atom is -0.314 e. The zero-order valence-corrected chi connectivity index (χ0v) is 13.3. The van der Waals surface area contributed by atoms with Crippen LogP contribution in [0.1, 0.15) is 23.6 Å². The van der Waals surface area contributed by atoms with E-state index in [-0.39, 0.29) is 16.9 Å². The van der Waals surface area contributed by atoms with Crippen LogP contribution >= 0.6 is 11.6 Å². The standard InChI is InChI=1S/C18H21ClFN/c1-3-21-16(12-15-7-5-4-6-13(15)2)10-14-8-9-17(19)18(20)11-14/h4-9,11,16,21H,3,10,12H2,1-2H3. The molecule has 0 aromatic heterocycles. The van der Waals surface area contributed by atoms with E-state index in [2.05, 4.69) is 43.4 Å². The van der Waals surface area contributed by atoms with Gasteiger partial charge in [-0.25, -0.2) is 4.39 Å². The first kappa shape index (κ1) is 16.0. The Kier molecular flexibility index (Phi) is 5.77. The van der Waals surface area contributed by atoms with Crippen LogP contribution in [0.25, 0.3) is 0 Å². The van der Waals surface area contributed by atoms with E-state index in [0.717, 1.165) is 24.9 Å². The van der Waals surface area contributed by atoms with Crippen molar-refractivity contribution in [2.75, 3.05) is 6.54 Å². The van der Waals surface area contributed by atoms with Gasteiger partial charge in [0.2, 0.25) is 0 Å². The molecule has 0 heterocycles. The fraction of sp³-hybridized carbons (Fsp3) is 0.333. The van der Waals surface area contributed by atoms with Crippen LogP contribution in [-0.2, 0) is 12.8 Å². The van der Waals surface area contributed by atoms with Crippen LogP contribution in [0.5, 0.6) is 0 Å². The van der Waals surface area contributed by atoms with Gasteiger partial charge in [-0.15, -0.1) is 0 Å². The SMILES string of the molecule is CCNC(Cc1ccc(Cl)c(F)c1)Cc1ccccc1C. The monoisotopic (exact) mass is 305 g/mol. The molecular formula is C18H21ClFN. The highest BCUT2D eigenvalue weighted by Gasteiger charge is 2.12. The van der Waals surface area contributed by atoms with E-state index in [1.165, 1.54) is 17.2 Å². The smallest absolute Gasteiger partial charge is 0.142 e. The topological polar surface area (TPSA) is 12.0 Å². The molecule has 21 heavy (non-hydrogen) atoms. The zero-order chi connectivity index (χ0) is 15.2. The minimum absolute atomic E-state index is 0.178. The van der Waals surface area contributed by atoms with Crippen molar-refractivity contribution in [2.45, 2.75) is 32.7 Å². The predicted octanol–water partition coefficient (Wildman–Crippen LogP) is 4.55. The van der Waals surface area contributed by atoms with E-state index >= 15 is 0 Å². The van der Waals surface area contributed by atoms with Gasteiger partial charge in [0, 0.05) is 6.04 Å². The highest BCUT2D eigenvalue weighted by Crippen LogP contribution is 2.18. The van der Waals surface area contributed by atoms with Crippen LogP contribution in [0, 0.1) is 12.7 Å². The lowest BCUT2D eigenvalue weighted by atomic mass is 9.96. The second-order valence-electron chi connectivity index (χ2n) is 5.34. The van der Waals surface area contributed by atoms with Gasteiger partial charge in [0.15, 0.2) is 0 Å². The molecule has 0 fully saturated rings. The fourth-order valence-corrected chi connectivity index (χ4v) is 2.68. The summed E-state index contributed by atoms with van der Waals surface area (Å²) >= 11 is 5.74. The van der Waals surface area contributed by atoms with Crippen molar-refractivity contribution >= 4 is 11.6 Å². The number of likely N-dealkylation sites (N-methyl/N-ethyl adjacent to an activating group) is 1. The molecular weight excluding hydrogens is 285 g/mol. The summed E-state index contributed by atoms with van der Waals surface area (Å²) in [6.07, 6.45) is 1.72. The van der Waals surface area contributed by atoms with Gasteiger partial charge >= 0.3 is 0 Å². The molecule has 2 rings (SSSR count). The highest BCUT2D eigenvalue weighted by molar-refractivity contribution is 6.30. The third-order valence-electron chi connectivity index (χ3n) is 3.69. The summed E-state index contributed by atoms with van der Waals surface area (Å²) in [4.78, 5) is 0. The van der Waals surface area contributed by atoms with Crippen molar-refractivity contribution in [1.29, 1.82) is 0 Å². The molecule has 1 unspecified atom stereocenters. The van der Waals surface area contributed by atoms with Crippen LogP contribution in [0.15, 0.2) is 42.5 Å². The Hall–Kier alpha value is -1.38. The minimum atomic E-state index is -0.347. The molecule has 0 amide bonds. The Bertz CT molecular complexity index is 598. The summed E-state index contributed by atoms with van der Waals surface area (Å²) in [5.74, 6) is -0.347. The maximum Gasteiger partial charge on any atom is 0.142 e. The van der Waals surface area contributed by atoms with Crippen LogP contribution in [0.4, 0.5) is 4.39 Å². The van der Waals surface area contributed by atoms with Crippen molar-refractivity contribution in [3.05, 3.63) is 70.0 Å². The van der Waals surface area contributed by atoms with E-state index in [0.29, 0.717) is 0 Å². The van der Waals surface area contributed by atoms with Crippen LogP contribution in [0.3, 0.4) is 0 Å². The summed E-state index contributed by atoms with van der Waals surface area (Å²) in [6.45, 7) is 5.11. The van der Waals surface area contributed by atoms with Crippen molar-refractivity contribution < 1.29 is 4.39 Å². The van der Waals surface area contributed by atoms with Gasteiger partial charge in [-0.3, -0.25) is 0 Å². The quantitative estimate of drug-likeness (QED) is 0.825. The highest BCUT2D eigenvalue weighted by atomic mass is 35.5. The molecule has 1 N–H and O–H groups in total. The molecule has 0 aliphatic carbocycles. The second-order valence-corrected chi connectivity index (χ2v) is 5.74. The summed E-state index contributed by atoms with van der Waals surface area (Å²) < 4.78 is 13.6. The summed E-state index contributed by atoms with van der Waals surface area (Å²) in [7, 11) is 0. The molecule has 2 aromatic rings. The normalized spacial score (nSPS) is 12.4. The van der Waals surface area contributed by atoms with E-state index < -0.39 is 0 Å². The Morgan fingerprint density at radius 2 is 1.90 bits per heavy atom. The number of aryl methyl sites for hydroxylation is 1. The number of halogens is 2. The molecule has 0 saturated carbocycles. The third kappa shape index (κ3) is 4.55. The number of hydrogen-bond donors (Lipinski definition) is 1. The number of hydrogen-bond acceptors (Lipinski definition) is 1. The number of benzene rings is 2. The predicted molar refractivity (Wildman–Crippen MR) is 87.5 cm³/mol. The van der Waals surface area contributed by atoms with Crippen LogP contribution < -0.4 is 5.32 Å². The van der Waals surface area contributed by atoms with E-state index in [1.807, 2.05) is 6.07 Å². The van der Waals surface area contributed by atoms with Gasteiger partial charge in [0.25, 0.3) is 0 Å². The lowest BCUT2D eigenvalue weighted by molar-refractivity contribution is 0.518. The number of rotatable bonds is 6. The van der Waals surface area contributed by atoms with Gasteiger partial charge in [-0.2, -0.15) is 0 Å². The Morgan fingerprint density at radius 1 is 1.14 bits per heavy atom. The summed E-state index contributed by atoms with van der Waals surface area (Å²) in [5, 5.41) is 3.66. The van der Waals surface area contributed by atoms with Gasteiger partial charge < -0.3 is 5.32 Å². The van der Waals surface area contributed by atoms with Crippen molar-refractivity contribution in [1.82, 2.24) is 5.32 Å². The van der Waals surface area contributed by atoms with E-state index in [4.69, 9.17) is 11.6 Å². The average Bonchev–Trinajstić information content (AvgIpc) is 2.46. The second kappa shape index (κ2) is 7.58. The first-order chi connectivity index (χ1) is 10.1. The molecule has 112 valence electrons. The fourth-order valence-electron chi connectivity index (χ4n) is 2.56. The summed E-state index contributed by atoms with van der Waals surface area (Å²) in [6, 6.07) is 13.7. The molecule has 3 heteroatoms. The average molecular weight is 306 g/mol. The lowest BCUT2D eigenvalue weighted by Crippen LogP contribution is -2.33. The van der Waals surface area contributed by atoms with Crippen molar-refractivity contribution in [3.8, 4) is 0 Å². The Morgan fingerprint density at radius 3 is 2.57 bits per heavy atom. The maximum atomic E-state index is 13.6. The third-order valence-corrected chi connectivity index (χ3v) is 3.99. The molecule has 1 atom stereocenters. The van der Waals surface area contributed by atoms with E-state index in [1.54, 1.807) is 6.07 Å². The van der Waals surface area contributed by atoms with Crippen molar-refractivity contribution in [3.63, 3.8) is 0 Å². The molecule has 0 radical (unpaired) electrons. The summed E-state index contributed by atoms with van der Waals surface area (Å²) in [5.41, 5.74) is 3.59. The van der Waals surface area contributed by atoms with Crippen LogP contribution in [0.2, 0.25) is 5.02 Å². The van der Waals surface area contributed by atoms with Gasteiger partial charge in [-0.05, 0) is 55.1 Å². The molecule has 0 bridgehead atoms. The maximum absolute atomic E-state index is 13.6. The molecule has 1 nitrogen and oxygen atoms in total. The number of nitrogens with one attached hydrogen (secondary N) is 1. The Labute approximate surface area is 131 Å². The molecule has 0 aliphatic heterocycles. The van der Waals surface area contributed by atoms with Crippen molar-refractivity contribution in [2.24, 2.45) is 0 Å². The van der Waals surface area contributed by atoms with Gasteiger partial charge in [-0.1, -0.05) is 48.9 Å². The molecule has 0 spiro atoms. The lowest BCUT2D eigenvalue weighted by Gasteiger charge is -2.19. The van der Waals surface area contributed by atoms with Crippen LogP contribution in [-0.4, -0.2) is 12.6 Å². The zero-order valence-electron chi connectivity index (χ0n) is 12.5.